The van der Waals surface area contributed by atoms with Crippen LogP contribution >= 0.6 is 0 Å². The minimum absolute atomic E-state index is 0.138. The summed E-state index contributed by atoms with van der Waals surface area (Å²) in [6.45, 7) is 1.30. The van der Waals surface area contributed by atoms with Gasteiger partial charge in [0.2, 0.25) is 0 Å². The molecule has 0 aliphatic carbocycles. The van der Waals surface area contributed by atoms with Crippen LogP contribution in [-0.2, 0) is 16.0 Å². The first kappa shape index (κ1) is 23.0. The highest BCUT2D eigenvalue weighted by Crippen LogP contribution is 2.17. The van der Waals surface area contributed by atoms with Crippen molar-refractivity contribution in [2.24, 2.45) is 0 Å². The number of para-hydroxylation sites is 1. The maximum Gasteiger partial charge on any atom is 0.310 e. The molecule has 4 nitrogen and oxygen atoms in total. The van der Waals surface area contributed by atoms with E-state index < -0.39 is 0 Å². The fourth-order valence-corrected chi connectivity index (χ4v) is 3.08. The maximum atomic E-state index is 12.0. The number of ether oxygens (including phenoxy) is 2. The van der Waals surface area contributed by atoms with Crippen molar-refractivity contribution in [1.82, 2.24) is 4.48 Å². The van der Waals surface area contributed by atoms with E-state index in [-0.39, 0.29) is 5.97 Å². The predicted molar refractivity (Wildman–Crippen MR) is 120 cm³/mol. The molecule has 0 amide bonds. The van der Waals surface area contributed by atoms with Gasteiger partial charge in [0.25, 0.3) is 0 Å². The lowest BCUT2D eigenvalue weighted by Crippen LogP contribution is -2.34. The zero-order chi connectivity index (χ0) is 21.0. The molecule has 0 saturated heterocycles. The summed E-state index contributed by atoms with van der Waals surface area (Å²) in [4.78, 5) is 12.0. The molecule has 0 N–H and O–H groups in total. The number of carbonyl (C=O) groups excluding carboxylic acids is 1. The van der Waals surface area contributed by atoms with Crippen LogP contribution in [0.25, 0.3) is 0 Å². The average molecular weight is 399 g/mol. The Morgan fingerprint density at radius 3 is 1.97 bits per heavy atom. The average Bonchev–Trinajstić information content (AvgIpc) is 2.70. The van der Waals surface area contributed by atoms with Crippen LogP contribution in [0, 0.1) is 0 Å². The van der Waals surface area contributed by atoms with E-state index in [1.807, 2.05) is 42.5 Å². The van der Waals surface area contributed by atoms with E-state index in [0.29, 0.717) is 13.0 Å². The molecule has 0 aromatic heterocycles. The van der Waals surface area contributed by atoms with Gasteiger partial charge >= 0.3 is 5.97 Å². The van der Waals surface area contributed by atoms with Crippen molar-refractivity contribution in [2.75, 3.05) is 34.4 Å². The van der Waals surface area contributed by atoms with Gasteiger partial charge in [-0.25, -0.2) is 0 Å². The van der Waals surface area contributed by atoms with Crippen LogP contribution in [0.15, 0.2) is 54.6 Å². The van der Waals surface area contributed by atoms with Gasteiger partial charge in [0.15, 0.2) is 0 Å². The molecule has 0 fully saturated rings. The third kappa shape index (κ3) is 9.62. The fraction of sp³-hybridized carbons (Fsp3) is 0.480. The second-order valence-corrected chi connectivity index (χ2v) is 8.36. The number of benzene rings is 2. The summed E-state index contributed by atoms with van der Waals surface area (Å²) >= 11 is 0. The summed E-state index contributed by atoms with van der Waals surface area (Å²) in [6, 6.07) is 18.1. The molecule has 0 radical (unpaired) electrons. The van der Waals surface area contributed by atoms with Gasteiger partial charge in [0, 0.05) is 0 Å². The number of hydrogen-bond donors (Lipinski definition) is 0. The number of carbonyl (C=O) groups is 1. The molecular weight excluding hydrogens is 362 g/mol. The lowest BCUT2D eigenvalue weighted by Gasteiger charge is -2.23. The highest BCUT2D eigenvalue weighted by molar-refractivity contribution is 5.72. The molecule has 2 aromatic carbocycles. The van der Waals surface area contributed by atoms with E-state index in [1.54, 1.807) is 0 Å². The van der Waals surface area contributed by atoms with Crippen molar-refractivity contribution >= 4 is 11.7 Å². The smallest absolute Gasteiger partial charge is 0.310 e. The van der Waals surface area contributed by atoms with E-state index in [0.717, 1.165) is 41.7 Å². The van der Waals surface area contributed by atoms with Gasteiger partial charge in [-0.3, -0.25) is 9.28 Å². The summed E-state index contributed by atoms with van der Waals surface area (Å²) in [7, 11) is 6.38. The predicted octanol–water partition coefficient (Wildman–Crippen LogP) is 5.39. The van der Waals surface area contributed by atoms with Crippen LogP contribution < -0.4 is 9.22 Å². The Labute approximate surface area is 176 Å². The molecule has 0 aliphatic heterocycles. The maximum absolute atomic E-state index is 12.0. The van der Waals surface area contributed by atoms with Gasteiger partial charge in [-0.15, -0.1) is 0 Å². The molecule has 2 aromatic rings. The third-order valence-corrected chi connectivity index (χ3v) is 4.87. The summed E-state index contributed by atoms with van der Waals surface area (Å²) in [5.74, 6) is 0.805. The SMILES string of the molecule is C[N+](C)(C)c1ccc(CC(=O)OCCCCCCCCOc2ccccc2)cc1. The largest absolute Gasteiger partial charge is 0.494 e. The number of nitrogens with zero attached hydrogens (tertiary/aromatic N) is 1. The third-order valence-electron chi connectivity index (χ3n) is 4.87. The lowest BCUT2D eigenvalue weighted by atomic mass is 10.1. The van der Waals surface area contributed by atoms with E-state index in [1.165, 1.54) is 24.9 Å². The molecular formula is C25H36NO3+. The van der Waals surface area contributed by atoms with Crippen molar-refractivity contribution in [2.45, 2.75) is 44.9 Å². The number of rotatable bonds is 13. The molecule has 0 saturated carbocycles. The molecule has 0 unspecified atom stereocenters. The van der Waals surface area contributed by atoms with E-state index in [4.69, 9.17) is 9.47 Å². The highest BCUT2D eigenvalue weighted by atomic mass is 16.5. The lowest BCUT2D eigenvalue weighted by molar-refractivity contribution is -0.142. The molecule has 0 aliphatic rings. The van der Waals surface area contributed by atoms with Gasteiger partial charge in [-0.05, 0) is 42.7 Å². The number of esters is 1. The van der Waals surface area contributed by atoms with Gasteiger partial charge in [0.1, 0.15) is 11.4 Å². The van der Waals surface area contributed by atoms with E-state index in [2.05, 4.69) is 33.3 Å². The second-order valence-electron chi connectivity index (χ2n) is 8.36. The molecule has 2 rings (SSSR count). The summed E-state index contributed by atoms with van der Waals surface area (Å²) in [5.41, 5.74) is 2.22. The van der Waals surface area contributed by atoms with Crippen LogP contribution in [-0.4, -0.2) is 40.3 Å². The van der Waals surface area contributed by atoms with Crippen molar-refractivity contribution in [3.8, 4) is 5.75 Å². The van der Waals surface area contributed by atoms with Crippen molar-refractivity contribution < 1.29 is 14.3 Å². The Balaban J connectivity index is 1.45. The summed E-state index contributed by atoms with van der Waals surface area (Å²) in [5, 5.41) is 0. The zero-order valence-corrected chi connectivity index (χ0v) is 18.2. The van der Waals surface area contributed by atoms with Gasteiger partial charge in [0.05, 0.1) is 40.8 Å². The van der Waals surface area contributed by atoms with Crippen LogP contribution in [0.2, 0.25) is 0 Å². The molecule has 0 bridgehead atoms. The monoisotopic (exact) mass is 398 g/mol. The molecule has 0 spiro atoms. The first-order valence-electron chi connectivity index (χ1n) is 10.7. The van der Waals surface area contributed by atoms with E-state index in [9.17, 15) is 4.79 Å². The number of hydrogen-bond acceptors (Lipinski definition) is 3. The summed E-state index contributed by atoms with van der Waals surface area (Å²) in [6.07, 6.45) is 7.02. The second kappa shape index (κ2) is 12.3. The molecule has 29 heavy (non-hydrogen) atoms. The Morgan fingerprint density at radius 2 is 1.34 bits per heavy atom. The normalized spacial score (nSPS) is 11.3. The number of quaternary nitrogens is 1. The minimum Gasteiger partial charge on any atom is -0.494 e. The number of unbranched alkanes of at least 4 members (excludes halogenated alkanes) is 5. The highest BCUT2D eigenvalue weighted by Gasteiger charge is 2.12. The molecule has 0 atom stereocenters. The minimum atomic E-state index is -0.138. The molecule has 0 heterocycles. The zero-order valence-electron chi connectivity index (χ0n) is 18.2. The van der Waals surface area contributed by atoms with Crippen molar-refractivity contribution in [3.05, 3.63) is 60.2 Å². The molecule has 158 valence electrons. The van der Waals surface area contributed by atoms with E-state index >= 15 is 0 Å². The molecule has 4 heteroatoms. The van der Waals surface area contributed by atoms with Gasteiger partial charge in [-0.2, -0.15) is 0 Å². The topological polar surface area (TPSA) is 35.5 Å². The Kier molecular flexibility index (Phi) is 9.72. The summed E-state index contributed by atoms with van der Waals surface area (Å²) < 4.78 is 11.8. The van der Waals surface area contributed by atoms with Gasteiger partial charge in [-0.1, -0.05) is 56.0 Å². The van der Waals surface area contributed by atoms with Crippen LogP contribution in [0.4, 0.5) is 5.69 Å². The van der Waals surface area contributed by atoms with Crippen LogP contribution in [0.5, 0.6) is 5.75 Å². The first-order valence-corrected chi connectivity index (χ1v) is 10.7. The Morgan fingerprint density at radius 1 is 0.759 bits per heavy atom. The fourth-order valence-electron chi connectivity index (χ4n) is 3.08. The van der Waals surface area contributed by atoms with Crippen LogP contribution in [0.1, 0.15) is 44.1 Å². The first-order chi connectivity index (χ1) is 13.9. The van der Waals surface area contributed by atoms with Crippen molar-refractivity contribution in [3.63, 3.8) is 0 Å². The van der Waals surface area contributed by atoms with Crippen LogP contribution in [0.3, 0.4) is 0 Å². The Bertz CT molecular complexity index is 705. The quantitative estimate of drug-likeness (QED) is 0.258. The van der Waals surface area contributed by atoms with Gasteiger partial charge < -0.3 is 9.47 Å². The standard InChI is InChI=1S/C25H36NO3/c1-26(2,3)23-17-15-22(16-18-23)21-25(27)29-20-12-7-5-4-6-11-19-28-24-13-9-8-10-14-24/h8-10,13-18H,4-7,11-12,19-21H2,1-3H3/q+1. The Hall–Kier alpha value is -2.33. The van der Waals surface area contributed by atoms with Crippen molar-refractivity contribution in [1.29, 1.82) is 0 Å².